The van der Waals surface area contributed by atoms with Gasteiger partial charge in [-0.1, -0.05) is 18.2 Å². The summed E-state index contributed by atoms with van der Waals surface area (Å²) in [5.41, 5.74) is 0. The van der Waals surface area contributed by atoms with E-state index in [2.05, 4.69) is 24.3 Å². The fourth-order valence-electron chi connectivity index (χ4n) is 1.14. The smallest absolute Gasteiger partial charge is 0.126 e. The van der Waals surface area contributed by atoms with Crippen molar-refractivity contribution in [3.63, 3.8) is 0 Å². The van der Waals surface area contributed by atoms with Crippen LogP contribution in [0.1, 0.15) is 0 Å². The van der Waals surface area contributed by atoms with Gasteiger partial charge in [-0.3, -0.25) is 0 Å². The molecule has 0 spiro atoms. The molecule has 2 atom stereocenters. The predicted octanol–water partition coefficient (Wildman–Crippen LogP) is 1.64. The molecule has 0 aromatic heterocycles. The van der Waals surface area contributed by atoms with Gasteiger partial charge in [-0.25, -0.2) is 0 Å². The van der Waals surface area contributed by atoms with Gasteiger partial charge in [-0.05, 0) is 12.2 Å². The summed E-state index contributed by atoms with van der Waals surface area (Å²) in [5.74, 6) is 0.495. The molecule has 1 heterocycles. The van der Waals surface area contributed by atoms with E-state index in [0.717, 1.165) is 0 Å². The van der Waals surface area contributed by atoms with Crippen LogP contribution in [-0.2, 0) is 4.74 Å². The van der Waals surface area contributed by atoms with Crippen LogP contribution >= 0.6 is 0 Å². The largest absolute Gasteiger partial charge is 0.493 e. The van der Waals surface area contributed by atoms with Crippen LogP contribution in [0.4, 0.5) is 0 Å². The summed E-state index contributed by atoms with van der Waals surface area (Å²) in [4.78, 5) is 0. The topological polar surface area (TPSA) is 9.23 Å². The zero-order valence-corrected chi connectivity index (χ0v) is 5.03. The molecular weight excluding hydrogens is 112 g/mol. The van der Waals surface area contributed by atoms with Crippen LogP contribution in [0.3, 0.4) is 0 Å². The van der Waals surface area contributed by atoms with Gasteiger partial charge in [0.1, 0.15) is 6.10 Å². The quantitative estimate of drug-likeness (QED) is 0.472. The fourth-order valence-corrected chi connectivity index (χ4v) is 1.14. The second-order valence-corrected chi connectivity index (χ2v) is 2.28. The van der Waals surface area contributed by atoms with Gasteiger partial charge in [0.25, 0.3) is 0 Å². The molecule has 9 heavy (non-hydrogen) atoms. The predicted molar refractivity (Wildman–Crippen MR) is 35.8 cm³/mol. The molecule has 0 aromatic carbocycles. The summed E-state index contributed by atoms with van der Waals surface area (Å²) in [5, 5.41) is 0. The Hall–Kier alpha value is -0.980. The van der Waals surface area contributed by atoms with E-state index in [1.807, 2.05) is 6.08 Å². The minimum absolute atomic E-state index is 0.287. The Kier molecular flexibility index (Phi) is 0.950. The summed E-state index contributed by atoms with van der Waals surface area (Å²) < 4.78 is 5.24. The molecule has 2 aliphatic rings. The third-order valence-corrected chi connectivity index (χ3v) is 1.66. The van der Waals surface area contributed by atoms with Crippen molar-refractivity contribution >= 4 is 0 Å². The van der Waals surface area contributed by atoms with Crippen LogP contribution in [0.5, 0.6) is 0 Å². The standard InChI is InChI=1S/C8H8O/c1-2-4-8-7(3-1)5-6-9-8/h1-8H/t7?,8-/m1/s1. The van der Waals surface area contributed by atoms with Gasteiger partial charge in [-0.15, -0.1) is 0 Å². The van der Waals surface area contributed by atoms with Gasteiger partial charge in [0, 0.05) is 5.92 Å². The van der Waals surface area contributed by atoms with E-state index in [4.69, 9.17) is 4.74 Å². The van der Waals surface area contributed by atoms with Gasteiger partial charge in [-0.2, -0.15) is 0 Å². The Morgan fingerprint density at radius 2 is 1.89 bits per heavy atom. The molecule has 46 valence electrons. The van der Waals surface area contributed by atoms with Crippen molar-refractivity contribution in [3.05, 3.63) is 36.6 Å². The molecule has 0 saturated heterocycles. The maximum atomic E-state index is 5.24. The first-order valence-electron chi connectivity index (χ1n) is 3.14. The number of rotatable bonds is 0. The highest BCUT2D eigenvalue weighted by molar-refractivity contribution is 5.21. The van der Waals surface area contributed by atoms with Crippen molar-refractivity contribution in [2.45, 2.75) is 6.10 Å². The minimum atomic E-state index is 0.287. The van der Waals surface area contributed by atoms with Crippen LogP contribution < -0.4 is 0 Å². The third-order valence-electron chi connectivity index (χ3n) is 1.66. The molecule has 0 radical (unpaired) electrons. The molecule has 0 amide bonds. The van der Waals surface area contributed by atoms with E-state index < -0.39 is 0 Å². The maximum absolute atomic E-state index is 5.24. The number of hydrogen-bond donors (Lipinski definition) is 0. The van der Waals surface area contributed by atoms with E-state index >= 15 is 0 Å². The molecule has 1 nitrogen and oxygen atoms in total. The molecular formula is C8H8O. The molecule has 1 unspecified atom stereocenters. The van der Waals surface area contributed by atoms with Gasteiger partial charge in [0.05, 0.1) is 6.26 Å². The molecule has 1 aliphatic heterocycles. The van der Waals surface area contributed by atoms with Crippen molar-refractivity contribution in [1.29, 1.82) is 0 Å². The summed E-state index contributed by atoms with van der Waals surface area (Å²) >= 11 is 0. The summed E-state index contributed by atoms with van der Waals surface area (Å²) in [7, 11) is 0. The summed E-state index contributed by atoms with van der Waals surface area (Å²) in [6.07, 6.45) is 12.4. The number of allylic oxidation sites excluding steroid dienone is 2. The monoisotopic (exact) mass is 120 g/mol. The van der Waals surface area contributed by atoms with Crippen LogP contribution in [0, 0.1) is 5.92 Å². The van der Waals surface area contributed by atoms with Crippen molar-refractivity contribution in [3.8, 4) is 0 Å². The zero-order chi connectivity index (χ0) is 6.10. The number of fused-ring (bicyclic) bond motifs is 1. The second kappa shape index (κ2) is 1.76. The lowest BCUT2D eigenvalue weighted by Crippen LogP contribution is -2.12. The van der Waals surface area contributed by atoms with Crippen molar-refractivity contribution in [2.75, 3.05) is 0 Å². The Labute approximate surface area is 54.3 Å². The molecule has 2 rings (SSSR count). The SMILES string of the molecule is C1=CC2C=CO[C@@H]2C=C1. The molecule has 0 fully saturated rings. The van der Waals surface area contributed by atoms with Crippen molar-refractivity contribution < 1.29 is 4.74 Å². The Balaban J connectivity index is 2.25. The van der Waals surface area contributed by atoms with E-state index in [9.17, 15) is 0 Å². The third kappa shape index (κ3) is 0.689. The first-order chi connectivity index (χ1) is 4.47. The Morgan fingerprint density at radius 1 is 1.00 bits per heavy atom. The van der Waals surface area contributed by atoms with Crippen molar-refractivity contribution in [1.82, 2.24) is 0 Å². The van der Waals surface area contributed by atoms with Crippen molar-refractivity contribution in [2.24, 2.45) is 5.92 Å². The second-order valence-electron chi connectivity index (χ2n) is 2.28. The fraction of sp³-hybridized carbons (Fsp3) is 0.250. The first-order valence-corrected chi connectivity index (χ1v) is 3.14. The number of hydrogen-bond acceptors (Lipinski definition) is 1. The average molecular weight is 120 g/mol. The Morgan fingerprint density at radius 3 is 2.78 bits per heavy atom. The van der Waals surface area contributed by atoms with E-state index in [1.54, 1.807) is 6.26 Å². The summed E-state index contributed by atoms with van der Waals surface area (Å²) in [6, 6.07) is 0. The highest BCUT2D eigenvalue weighted by Gasteiger charge is 2.20. The van der Waals surface area contributed by atoms with Gasteiger partial charge < -0.3 is 4.74 Å². The lowest BCUT2D eigenvalue weighted by atomic mass is 10.00. The number of ether oxygens (including phenoxy) is 1. The maximum Gasteiger partial charge on any atom is 0.126 e. The van der Waals surface area contributed by atoms with Crippen LogP contribution in [0.15, 0.2) is 36.6 Å². The molecule has 0 aromatic rings. The van der Waals surface area contributed by atoms with E-state index in [0.29, 0.717) is 5.92 Å². The molecule has 0 saturated carbocycles. The average Bonchev–Trinajstić information content (AvgIpc) is 2.33. The lowest BCUT2D eigenvalue weighted by Gasteiger charge is -2.12. The highest BCUT2D eigenvalue weighted by atomic mass is 16.5. The molecule has 0 N–H and O–H groups in total. The highest BCUT2D eigenvalue weighted by Crippen LogP contribution is 2.22. The zero-order valence-electron chi connectivity index (χ0n) is 5.03. The minimum Gasteiger partial charge on any atom is -0.493 e. The van der Waals surface area contributed by atoms with Crippen LogP contribution in [0.2, 0.25) is 0 Å². The first kappa shape index (κ1) is 4.86. The van der Waals surface area contributed by atoms with Crippen LogP contribution in [-0.4, -0.2) is 6.10 Å². The van der Waals surface area contributed by atoms with E-state index in [1.165, 1.54) is 0 Å². The molecule has 1 heteroatoms. The molecule has 1 aliphatic carbocycles. The molecule has 0 bridgehead atoms. The van der Waals surface area contributed by atoms with Crippen LogP contribution in [0.25, 0.3) is 0 Å². The normalized spacial score (nSPS) is 36.4. The lowest BCUT2D eigenvalue weighted by molar-refractivity contribution is 0.192. The van der Waals surface area contributed by atoms with E-state index in [-0.39, 0.29) is 6.10 Å². The Bertz CT molecular complexity index is 189. The van der Waals surface area contributed by atoms with Gasteiger partial charge in [0.2, 0.25) is 0 Å². The summed E-state index contributed by atoms with van der Waals surface area (Å²) in [6.45, 7) is 0. The van der Waals surface area contributed by atoms with Gasteiger partial charge >= 0.3 is 0 Å². The van der Waals surface area contributed by atoms with Gasteiger partial charge in [0.15, 0.2) is 0 Å².